The Hall–Kier alpha value is -2.08. The van der Waals surface area contributed by atoms with Crippen molar-refractivity contribution in [1.82, 2.24) is 0 Å². The molecule has 0 aliphatic carbocycles. The summed E-state index contributed by atoms with van der Waals surface area (Å²) in [5.41, 5.74) is -3.11. The van der Waals surface area contributed by atoms with Crippen molar-refractivity contribution < 1.29 is 48.8 Å². The Labute approximate surface area is 126 Å². The van der Waals surface area contributed by atoms with Gasteiger partial charge in [-0.15, -0.1) is 0 Å². The first-order chi connectivity index (χ1) is 10.5. The summed E-state index contributed by atoms with van der Waals surface area (Å²) in [7, 11) is 0. The number of alkyl halides is 10. The molecule has 0 heterocycles. The van der Waals surface area contributed by atoms with Gasteiger partial charge in [-0.05, 0) is 5.56 Å². The van der Waals surface area contributed by atoms with E-state index < -0.39 is 46.3 Å². The lowest BCUT2D eigenvalue weighted by Gasteiger charge is -2.35. The number of hydrogen-bond acceptors (Lipinski definition) is 2. The van der Waals surface area contributed by atoms with E-state index in [1.807, 2.05) is 0 Å². The predicted octanol–water partition coefficient (Wildman–Crippen LogP) is 5.07. The van der Waals surface area contributed by atoms with Gasteiger partial charge in [0.15, 0.2) is 0 Å². The van der Waals surface area contributed by atoms with Crippen LogP contribution in [0.15, 0.2) is 24.3 Å². The maximum absolute atomic E-state index is 13.4. The minimum atomic E-state index is -6.75. The molecule has 0 saturated carbocycles. The van der Waals surface area contributed by atoms with Crippen molar-refractivity contribution >= 4 is 5.69 Å². The number of halogens is 10. The minimum absolute atomic E-state index is 0.0942. The van der Waals surface area contributed by atoms with Gasteiger partial charge in [0.05, 0.1) is 4.92 Å². The minimum Gasteiger partial charge on any atom is -0.258 e. The maximum atomic E-state index is 13.4. The smallest absolute Gasteiger partial charge is 0.258 e. The number of nitro benzene ring substituents is 1. The van der Waals surface area contributed by atoms with Crippen molar-refractivity contribution in [2.24, 2.45) is 0 Å². The molecule has 136 valence electrons. The molecule has 0 fully saturated rings. The van der Waals surface area contributed by atoms with E-state index in [4.69, 9.17) is 0 Å². The van der Waals surface area contributed by atoms with Gasteiger partial charge in [-0.2, -0.15) is 43.9 Å². The Morgan fingerprint density at radius 2 is 1.25 bits per heavy atom. The third kappa shape index (κ3) is 3.38. The molecule has 24 heavy (non-hydrogen) atoms. The molecule has 0 radical (unpaired) electrons. The number of nitrogens with zero attached hydrogens (tertiary/aromatic N) is 1. The quantitative estimate of drug-likeness (QED) is 0.420. The third-order valence-electron chi connectivity index (χ3n) is 2.90. The predicted molar refractivity (Wildman–Crippen MR) is 57.8 cm³/mol. The van der Waals surface area contributed by atoms with Crippen molar-refractivity contribution in [3.05, 3.63) is 39.9 Å². The van der Waals surface area contributed by atoms with Crippen LogP contribution in [0.5, 0.6) is 0 Å². The normalized spacial score (nSPS) is 14.1. The van der Waals surface area contributed by atoms with E-state index in [1.165, 1.54) is 0 Å². The molecule has 0 aliphatic rings. The van der Waals surface area contributed by atoms with Crippen LogP contribution in [-0.4, -0.2) is 29.1 Å². The molecule has 0 N–H and O–H groups in total. The van der Waals surface area contributed by atoms with Gasteiger partial charge in [-0.25, -0.2) is 0 Å². The van der Waals surface area contributed by atoms with Crippen LogP contribution >= 0.6 is 0 Å². The average Bonchev–Trinajstić information content (AvgIpc) is 2.35. The van der Waals surface area contributed by atoms with E-state index in [0.717, 1.165) is 0 Å². The fourth-order valence-corrected chi connectivity index (χ4v) is 1.79. The van der Waals surface area contributed by atoms with Gasteiger partial charge in [-0.1, -0.05) is 12.1 Å². The van der Waals surface area contributed by atoms with Crippen molar-refractivity contribution in [2.75, 3.05) is 0 Å². The fourth-order valence-electron chi connectivity index (χ4n) is 1.79. The molecule has 0 atom stereocenters. The van der Waals surface area contributed by atoms with E-state index in [1.54, 1.807) is 0 Å². The number of rotatable bonds is 4. The van der Waals surface area contributed by atoms with Crippen LogP contribution in [0.1, 0.15) is 11.5 Å². The largest absolute Gasteiger partial charge is 0.454 e. The average molecular weight is 373 g/mol. The molecule has 3 nitrogen and oxygen atoms in total. The summed E-state index contributed by atoms with van der Waals surface area (Å²) in [5, 5.41) is 10.5. The lowest BCUT2D eigenvalue weighted by Crippen LogP contribution is -2.54. The first-order valence-corrected chi connectivity index (χ1v) is 5.67. The van der Waals surface area contributed by atoms with Crippen LogP contribution < -0.4 is 0 Å². The van der Waals surface area contributed by atoms with Gasteiger partial charge in [0.1, 0.15) is 5.92 Å². The van der Waals surface area contributed by atoms with E-state index in [0.29, 0.717) is 12.1 Å². The van der Waals surface area contributed by atoms with Crippen molar-refractivity contribution in [3.8, 4) is 0 Å². The van der Waals surface area contributed by atoms with Crippen molar-refractivity contribution in [2.45, 2.75) is 30.1 Å². The van der Waals surface area contributed by atoms with Gasteiger partial charge >= 0.3 is 24.2 Å². The van der Waals surface area contributed by atoms with Crippen LogP contribution in [0.4, 0.5) is 49.6 Å². The molecule has 0 bridgehead atoms. The number of non-ortho nitro benzene ring substituents is 1. The van der Waals surface area contributed by atoms with E-state index in [2.05, 4.69) is 0 Å². The summed E-state index contributed by atoms with van der Waals surface area (Å²) in [6.45, 7) is 0. The Balaban J connectivity index is 3.69. The first kappa shape index (κ1) is 20.0. The van der Waals surface area contributed by atoms with E-state index in [9.17, 15) is 54.0 Å². The molecular formula is C11H5F10NO2. The molecule has 0 spiro atoms. The van der Waals surface area contributed by atoms with E-state index >= 15 is 0 Å². The van der Waals surface area contributed by atoms with Gasteiger partial charge in [0, 0.05) is 12.1 Å². The summed E-state index contributed by atoms with van der Waals surface area (Å²) in [6.07, 6.45) is -13.5. The molecule has 0 aromatic heterocycles. The second-order valence-corrected chi connectivity index (χ2v) is 4.53. The highest BCUT2D eigenvalue weighted by Gasteiger charge is 2.76. The van der Waals surface area contributed by atoms with Crippen molar-refractivity contribution in [3.63, 3.8) is 0 Å². The molecule has 13 heteroatoms. The Morgan fingerprint density at radius 1 is 0.833 bits per heavy atom. The van der Waals surface area contributed by atoms with Crippen LogP contribution in [0.3, 0.4) is 0 Å². The topological polar surface area (TPSA) is 43.1 Å². The summed E-state index contributed by atoms with van der Waals surface area (Å²) in [6, 6.07) is 0.846. The Kier molecular flexibility index (Phi) is 4.80. The molecule has 1 aromatic carbocycles. The first-order valence-electron chi connectivity index (χ1n) is 5.67. The lowest BCUT2D eigenvalue weighted by atomic mass is 9.85. The molecule has 0 aliphatic heterocycles. The monoisotopic (exact) mass is 373 g/mol. The fraction of sp³-hybridized carbons (Fsp3) is 0.455. The second-order valence-electron chi connectivity index (χ2n) is 4.53. The SMILES string of the molecule is O=[N+]([O-])c1cccc(C(C(F)(F)C(F)(F)F)C(F)(F)C(F)(F)F)c1. The van der Waals surface area contributed by atoms with E-state index in [-0.39, 0.29) is 12.1 Å². The highest BCUT2D eigenvalue weighted by Crippen LogP contribution is 2.57. The zero-order valence-electron chi connectivity index (χ0n) is 10.9. The van der Waals surface area contributed by atoms with Crippen LogP contribution in [0.25, 0.3) is 0 Å². The second kappa shape index (κ2) is 5.77. The van der Waals surface area contributed by atoms with Crippen LogP contribution in [-0.2, 0) is 0 Å². The summed E-state index contributed by atoms with van der Waals surface area (Å²) < 4.78 is 128. The lowest BCUT2D eigenvalue weighted by molar-refractivity contribution is -0.385. The Morgan fingerprint density at radius 3 is 1.58 bits per heavy atom. The third-order valence-corrected chi connectivity index (χ3v) is 2.90. The molecule has 0 amide bonds. The summed E-state index contributed by atoms with van der Waals surface area (Å²) in [5.74, 6) is -17.8. The number of nitro groups is 1. The highest BCUT2D eigenvalue weighted by molar-refractivity contribution is 5.38. The zero-order chi connectivity index (χ0) is 19.1. The van der Waals surface area contributed by atoms with Gasteiger partial charge < -0.3 is 0 Å². The standard InChI is InChI=1S/C11H5F10NO2/c12-8(13,10(16,17)18)7(9(14,15)11(19,20)21)5-2-1-3-6(4-5)22(23)24/h1-4,7H. The molecule has 1 rings (SSSR count). The van der Waals surface area contributed by atoms with Gasteiger partial charge in [0.2, 0.25) is 0 Å². The highest BCUT2D eigenvalue weighted by atomic mass is 19.4. The van der Waals surface area contributed by atoms with Gasteiger partial charge in [0.25, 0.3) is 5.69 Å². The van der Waals surface area contributed by atoms with Crippen LogP contribution in [0.2, 0.25) is 0 Å². The summed E-state index contributed by atoms with van der Waals surface area (Å²) >= 11 is 0. The van der Waals surface area contributed by atoms with Crippen LogP contribution in [0, 0.1) is 10.1 Å². The van der Waals surface area contributed by atoms with Gasteiger partial charge in [-0.3, -0.25) is 10.1 Å². The Bertz CT molecular complexity index is 596. The summed E-state index contributed by atoms with van der Waals surface area (Å²) in [4.78, 5) is 9.11. The zero-order valence-corrected chi connectivity index (χ0v) is 10.9. The number of benzene rings is 1. The molecular weight excluding hydrogens is 368 g/mol. The maximum Gasteiger partial charge on any atom is 0.454 e. The van der Waals surface area contributed by atoms with Crippen molar-refractivity contribution in [1.29, 1.82) is 0 Å². The molecule has 0 unspecified atom stereocenters. The molecule has 1 aromatic rings. The number of hydrogen-bond donors (Lipinski definition) is 0. The molecule has 0 saturated heterocycles.